The van der Waals surface area contributed by atoms with Crippen LogP contribution in [0.5, 0.6) is 0 Å². The van der Waals surface area contributed by atoms with Gasteiger partial charge in [-0.2, -0.15) is 0 Å². The number of hydrogen-bond donors (Lipinski definition) is 0. The van der Waals surface area contributed by atoms with Crippen LogP contribution in [0, 0.1) is 0 Å². The minimum Gasteiger partial charge on any atom is -0.310 e. The molecule has 1 spiro atoms. The number of aromatic nitrogens is 1. The van der Waals surface area contributed by atoms with Crippen molar-refractivity contribution in [1.82, 2.24) is 4.57 Å². The van der Waals surface area contributed by atoms with E-state index < -0.39 is 5.41 Å². The van der Waals surface area contributed by atoms with E-state index in [4.69, 9.17) is 0 Å². The van der Waals surface area contributed by atoms with Crippen molar-refractivity contribution in [3.63, 3.8) is 0 Å². The smallest absolute Gasteiger partial charge is 0.0727 e. The average molecular weight is 801 g/mol. The molecule has 0 amide bonds. The fraction of sp³-hybridized carbons (Fsp3) is 0.0164. The zero-order valence-corrected chi connectivity index (χ0v) is 34.5. The van der Waals surface area contributed by atoms with Gasteiger partial charge in [0.15, 0.2) is 0 Å². The standard InChI is InChI=1S/C61H40N2/c1-3-15-41(16-4-1)42-27-29-43(30-28-42)44-31-33-46(34-32-44)62(45-17-5-2-6-18-45)47-35-37-51-52-38-36-48(63-59-25-13-9-21-53(59)54-22-10-14-26-60(54)63)40-58(52)61(57(51)39-47)55-23-11-7-19-49(55)50-20-8-12-24-56(50)61/h1-40H. The van der Waals surface area contributed by atoms with Crippen molar-refractivity contribution in [2.75, 3.05) is 4.90 Å². The quantitative estimate of drug-likeness (QED) is 0.163. The molecule has 0 atom stereocenters. The third-order valence-corrected chi connectivity index (χ3v) is 13.6. The van der Waals surface area contributed by atoms with Crippen LogP contribution in [0.1, 0.15) is 22.3 Å². The van der Waals surface area contributed by atoms with Crippen molar-refractivity contribution >= 4 is 38.9 Å². The molecule has 13 rings (SSSR count). The van der Waals surface area contributed by atoms with Crippen LogP contribution >= 0.6 is 0 Å². The van der Waals surface area contributed by atoms with Gasteiger partial charge in [0.25, 0.3) is 0 Å². The van der Waals surface area contributed by atoms with Crippen LogP contribution in [0.2, 0.25) is 0 Å². The summed E-state index contributed by atoms with van der Waals surface area (Å²) in [5, 5.41) is 2.53. The summed E-state index contributed by atoms with van der Waals surface area (Å²) in [6, 6.07) is 89.5. The second-order valence-electron chi connectivity index (χ2n) is 16.8. The van der Waals surface area contributed by atoms with Crippen LogP contribution in [0.25, 0.3) is 72.0 Å². The highest BCUT2D eigenvalue weighted by Crippen LogP contribution is 2.63. The Bertz CT molecular complexity index is 3450. The molecule has 63 heavy (non-hydrogen) atoms. The normalized spacial score (nSPS) is 12.9. The summed E-state index contributed by atoms with van der Waals surface area (Å²) in [6.07, 6.45) is 0. The zero-order chi connectivity index (χ0) is 41.5. The van der Waals surface area contributed by atoms with E-state index in [1.807, 2.05) is 0 Å². The SMILES string of the molecule is c1ccc(-c2ccc(-c3ccc(N(c4ccccc4)c4ccc5c(c4)C4(c6ccccc6-c6ccccc64)c4cc(-n6c7ccccc7c7ccccc76)ccc4-5)cc3)cc2)cc1. The molecule has 2 nitrogen and oxygen atoms in total. The Kier molecular flexibility index (Phi) is 7.85. The molecule has 1 heterocycles. The van der Waals surface area contributed by atoms with Gasteiger partial charge in [-0.15, -0.1) is 0 Å². The lowest BCUT2D eigenvalue weighted by atomic mass is 9.70. The number of nitrogens with zero attached hydrogens (tertiary/aromatic N) is 2. The molecule has 0 saturated carbocycles. The van der Waals surface area contributed by atoms with Crippen LogP contribution in [-0.4, -0.2) is 4.57 Å². The first-order chi connectivity index (χ1) is 31.3. The second-order valence-corrected chi connectivity index (χ2v) is 16.8. The molecule has 0 radical (unpaired) electrons. The molecule has 0 fully saturated rings. The van der Waals surface area contributed by atoms with E-state index in [1.165, 1.54) is 94.3 Å². The van der Waals surface area contributed by atoms with Crippen LogP contribution < -0.4 is 4.90 Å². The molecule has 2 aliphatic carbocycles. The number of rotatable bonds is 6. The van der Waals surface area contributed by atoms with E-state index in [0.717, 1.165) is 17.1 Å². The average Bonchev–Trinajstić information content (AvgIpc) is 3.96. The van der Waals surface area contributed by atoms with E-state index in [-0.39, 0.29) is 0 Å². The van der Waals surface area contributed by atoms with E-state index in [2.05, 4.69) is 252 Å². The number of benzene rings is 10. The Balaban J connectivity index is 0.994. The first-order valence-electron chi connectivity index (χ1n) is 21.8. The lowest BCUT2D eigenvalue weighted by Gasteiger charge is -2.32. The highest BCUT2D eigenvalue weighted by Gasteiger charge is 2.52. The van der Waals surface area contributed by atoms with Gasteiger partial charge in [0.2, 0.25) is 0 Å². The lowest BCUT2D eigenvalue weighted by Crippen LogP contribution is -2.26. The van der Waals surface area contributed by atoms with Crippen molar-refractivity contribution in [2.45, 2.75) is 5.41 Å². The second kappa shape index (κ2) is 13.9. The van der Waals surface area contributed by atoms with Gasteiger partial charge in [0.1, 0.15) is 0 Å². The molecule has 0 N–H and O–H groups in total. The monoisotopic (exact) mass is 800 g/mol. The van der Waals surface area contributed by atoms with Crippen molar-refractivity contribution in [3.8, 4) is 50.2 Å². The van der Waals surface area contributed by atoms with E-state index in [0.29, 0.717) is 0 Å². The molecule has 1 aromatic heterocycles. The van der Waals surface area contributed by atoms with Crippen LogP contribution in [0.15, 0.2) is 243 Å². The fourth-order valence-corrected chi connectivity index (χ4v) is 10.9. The Morgan fingerprint density at radius 3 is 1.30 bits per heavy atom. The Morgan fingerprint density at radius 2 is 0.698 bits per heavy atom. The molecule has 2 aliphatic rings. The minimum absolute atomic E-state index is 0.527. The summed E-state index contributed by atoms with van der Waals surface area (Å²) >= 11 is 0. The first kappa shape index (κ1) is 35.5. The van der Waals surface area contributed by atoms with Gasteiger partial charge >= 0.3 is 0 Å². The van der Waals surface area contributed by atoms with Gasteiger partial charge in [-0.3, -0.25) is 0 Å². The molecule has 0 saturated heterocycles. The number of fused-ring (bicyclic) bond motifs is 13. The predicted octanol–water partition coefficient (Wildman–Crippen LogP) is 15.9. The van der Waals surface area contributed by atoms with E-state index >= 15 is 0 Å². The van der Waals surface area contributed by atoms with Gasteiger partial charge in [0, 0.05) is 33.5 Å². The summed E-state index contributed by atoms with van der Waals surface area (Å²) in [5.41, 5.74) is 21.7. The highest BCUT2D eigenvalue weighted by atomic mass is 15.1. The Hall–Kier alpha value is -8.20. The van der Waals surface area contributed by atoms with Gasteiger partial charge in [-0.25, -0.2) is 0 Å². The molecule has 11 aromatic rings. The van der Waals surface area contributed by atoms with Gasteiger partial charge in [-0.05, 0) is 127 Å². The maximum Gasteiger partial charge on any atom is 0.0727 e. The third kappa shape index (κ3) is 5.25. The topological polar surface area (TPSA) is 8.17 Å². The predicted molar refractivity (Wildman–Crippen MR) is 263 cm³/mol. The lowest BCUT2D eigenvalue weighted by molar-refractivity contribution is 0.792. The van der Waals surface area contributed by atoms with Crippen LogP contribution in [0.3, 0.4) is 0 Å². The maximum absolute atomic E-state index is 2.49. The summed E-state index contributed by atoms with van der Waals surface area (Å²) in [5.74, 6) is 0. The van der Waals surface area contributed by atoms with Crippen molar-refractivity contribution in [3.05, 3.63) is 265 Å². The van der Waals surface area contributed by atoms with E-state index in [9.17, 15) is 0 Å². The van der Waals surface area contributed by atoms with Crippen molar-refractivity contribution < 1.29 is 0 Å². The maximum atomic E-state index is 2.49. The molecule has 2 heteroatoms. The Labute approximate surface area is 367 Å². The molecule has 10 aromatic carbocycles. The zero-order valence-electron chi connectivity index (χ0n) is 34.5. The van der Waals surface area contributed by atoms with Crippen molar-refractivity contribution in [1.29, 1.82) is 0 Å². The number of para-hydroxylation sites is 3. The first-order valence-corrected chi connectivity index (χ1v) is 21.8. The molecular weight excluding hydrogens is 761 g/mol. The molecular formula is C61H40N2. The van der Waals surface area contributed by atoms with Crippen LogP contribution in [0.4, 0.5) is 17.1 Å². The fourth-order valence-electron chi connectivity index (χ4n) is 10.9. The summed E-state index contributed by atoms with van der Waals surface area (Å²) in [4.78, 5) is 2.41. The highest BCUT2D eigenvalue weighted by molar-refractivity contribution is 6.09. The molecule has 0 aliphatic heterocycles. The molecule has 294 valence electrons. The summed E-state index contributed by atoms with van der Waals surface area (Å²) in [6.45, 7) is 0. The van der Waals surface area contributed by atoms with Gasteiger partial charge < -0.3 is 9.47 Å². The summed E-state index contributed by atoms with van der Waals surface area (Å²) < 4.78 is 2.46. The van der Waals surface area contributed by atoms with Crippen LogP contribution in [-0.2, 0) is 5.41 Å². The largest absolute Gasteiger partial charge is 0.310 e. The molecule has 0 unspecified atom stereocenters. The number of anilines is 3. The van der Waals surface area contributed by atoms with E-state index in [1.54, 1.807) is 0 Å². The Morgan fingerprint density at radius 1 is 0.286 bits per heavy atom. The number of hydrogen-bond acceptors (Lipinski definition) is 1. The molecule has 0 bridgehead atoms. The van der Waals surface area contributed by atoms with Gasteiger partial charge in [0.05, 0.1) is 16.4 Å². The van der Waals surface area contributed by atoms with Gasteiger partial charge in [-0.1, -0.05) is 182 Å². The summed E-state index contributed by atoms with van der Waals surface area (Å²) in [7, 11) is 0. The third-order valence-electron chi connectivity index (χ3n) is 13.6. The minimum atomic E-state index is -0.527. The van der Waals surface area contributed by atoms with Crippen molar-refractivity contribution in [2.24, 2.45) is 0 Å².